The number of hydrazone groups is 1. The summed E-state index contributed by atoms with van der Waals surface area (Å²) >= 11 is 0. The average molecular weight is 479 g/mol. The van der Waals surface area contributed by atoms with Crippen molar-refractivity contribution in [1.29, 1.82) is 5.26 Å². The van der Waals surface area contributed by atoms with Gasteiger partial charge in [0.1, 0.15) is 24.1 Å². The molecule has 0 fully saturated rings. The van der Waals surface area contributed by atoms with Gasteiger partial charge in [0.15, 0.2) is 6.61 Å². The number of nitrogens with one attached hydrogen (secondary N) is 1. The van der Waals surface area contributed by atoms with Crippen LogP contribution in [0.4, 0.5) is 5.69 Å². The van der Waals surface area contributed by atoms with Gasteiger partial charge in [-0.3, -0.25) is 9.10 Å². The number of para-hydroxylation sites is 1. The molecule has 0 saturated heterocycles. The number of nitrogens with zero attached hydrogens (tertiary/aromatic N) is 3. The first-order valence-electron chi connectivity index (χ1n) is 10.1. The molecule has 0 unspecified atom stereocenters. The third-order valence-corrected chi connectivity index (χ3v) is 6.35. The minimum absolute atomic E-state index is 0.0205. The van der Waals surface area contributed by atoms with Gasteiger partial charge in [0.2, 0.25) is 0 Å². The van der Waals surface area contributed by atoms with Crippen LogP contribution < -0.4 is 19.2 Å². The van der Waals surface area contributed by atoms with Gasteiger partial charge >= 0.3 is 0 Å². The summed E-state index contributed by atoms with van der Waals surface area (Å²) in [4.78, 5) is 12.6. The molecule has 0 heterocycles. The zero-order valence-electron chi connectivity index (χ0n) is 18.3. The van der Waals surface area contributed by atoms with E-state index in [4.69, 9.17) is 14.7 Å². The minimum Gasteiger partial charge on any atom is -0.497 e. The van der Waals surface area contributed by atoms with Crippen molar-refractivity contribution in [2.75, 3.05) is 24.6 Å². The van der Waals surface area contributed by atoms with E-state index in [1.54, 1.807) is 54.6 Å². The maximum absolute atomic E-state index is 13.3. The lowest BCUT2D eigenvalue weighted by molar-refractivity contribution is -0.119. The highest BCUT2D eigenvalue weighted by Gasteiger charge is 2.27. The van der Waals surface area contributed by atoms with Crippen molar-refractivity contribution >= 4 is 27.8 Å². The number of ether oxygens (including phenoxy) is 2. The first-order chi connectivity index (χ1) is 16.4. The van der Waals surface area contributed by atoms with E-state index in [9.17, 15) is 13.2 Å². The number of methoxy groups -OCH3 is 1. The highest BCUT2D eigenvalue weighted by atomic mass is 32.2. The van der Waals surface area contributed by atoms with Crippen molar-refractivity contribution in [2.45, 2.75) is 4.90 Å². The van der Waals surface area contributed by atoms with Crippen LogP contribution in [0.5, 0.6) is 11.5 Å². The van der Waals surface area contributed by atoms with Crippen molar-refractivity contribution in [3.8, 4) is 17.6 Å². The monoisotopic (exact) mass is 478 g/mol. The standard InChI is InChI=1S/C24H22N4O5S/c1-32-21-11-13-23(14-12-21)34(30,31)28(20-5-3-2-4-6-20)18-24(29)27-26-17-19-7-9-22(10-8-19)33-16-15-25/h2-14,17H,16,18H2,1H3,(H,27,29)/b26-17-. The summed E-state index contributed by atoms with van der Waals surface area (Å²) in [5.74, 6) is 0.429. The maximum Gasteiger partial charge on any atom is 0.264 e. The fourth-order valence-corrected chi connectivity index (χ4v) is 4.32. The van der Waals surface area contributed by atoms with Crippen LogP contribution in [0.25, 0.3) is 0 Å². The van der Waals surface area contributed by atoms with E-state index in [1.807, 2.05) is 6.07 Å². The number of sulfonamides is 1. The second-order valence-corrected chi connectivity index (χ2v) is 8.69. The quantitative estimate of drug-likeness (QED) is 0.353. The summed E-state index contributed by atoms with van der Waals surface area (Å²) in [6.45, 7) is -0.530. The van der Waals surface area contributed by atoms with E-state index in [0.29, 0.717) is 22.7 Å². The number of nitriles is 1. The molecule has 9 nitrogen and oxygen atoms in total. The highest BCUT2D eigenvalue weighted by molar-refractivity contribution is 7.92. The van der Waals surface area contributed by atoms with Crippen LogP contribution in [-0.2, 0) is 14.8 Å². The number of rotatable bonds is 10. The topological polar surface area (TPSA) is 121 Å². The smallest absolute Gasteiger partial charge is 0.264 e. The molecule has 10 heteroatoms. The molecule has 0 atom stereocenters. The molecule has 0 saturated carbocycles. The lowest BCUT2D eigenvalue weighted by atomic mass is 10.2. The number of hydrogen-bond donors (Lipinski definition) is 1. The fourth-order valence-electron chi connectivity index (χ4n) is 2.89. The molecular weight excluding hydrogens is 456 g/mol. The fraction of sp³-hybridized carbons (Fsp3) is 0.125. The molecule has 3 rings (SSSR count). The Morgan fingerprint density at radius 1 is 1.03 bits per heavy atom. The molecular formula is C24H22N4O5S. The molecule has 0 aliphatic rings. The summed E-state index contributed by atoms with van der Waals surface area (Å²) in [6.07, 6.45) is 1.41. The van der Waals surface area contributed by atoms with Gasteiger partial charge < -0.3 is 9.47 Å². The summed E-state index contributed by atoms with van der Waals surface area (Å²) in [6, 6.07) is 22.9. The van der Waals surface area contributed by atoms with Crippen LogP contribution >= 0.6 is 0 Å². The Kier molecular flexibility index (Phi) is 8.21. The Morgan fingerprint density at radius 3 is 2.29 bits per heavy atom. The molecule has 1 amide bonds. The number of anilines is 1. The summed E-state index contributed by atoms with van der Waals surface area (Å²) < 4.78 is 37.9. The Hall–Kier alpha value is -4.36. The van der Waals surface area contributed by atoms with Gasteiger partial charge in [0.05, 0.1) is 23.9 Å². The van der Waals surface area contributed by atoms with Crippen LogP contribution in [0.2, 0.25) is 0 Å². The number of benzene rings is 3. The van der Waals surface area contributed by atoms with Crippen molar-refractivity contribution in [3.63, 3.8) is 0 Å². The molecule has 0 aliphatic heterocycles. The van der Waals surface area contributed by atoms with E-state index < -0.39 is 22.5 Å². The Balaban J connectivity index is 1.73. The number of hydrogen-bond acceptors (Lipinski definition) is 7. The van der Waals surface area contributed by atoms with Crippen LogP contribution in [-0.4, -0.2) is 40.8 Å². The van der Waals surface area contributed by atoms with Crippen LogP contribution in [0.3, 0.4) is 0 Å². The zero-order chi connectivity index (χ0) is 24.4. The third kappa shape index (κ3) is 6.34. The van der Waals surface area contributed by atoms with Gasteiger partial charge in [0, 0.05) is 0 Å². The summed E-state index contributed by atoms with van der Waals surface area (Å²) in [5.41, 5.74) is 3.37. The van der Waals surface area contributed by atoms with Crippen molar-refractivity contribution in [3.05, 3.63) is 84.4 Å². The Labute approximate surface area is 197 Å². The first kappa shape index (κ1) is 24.3. The van der Waals surface area contributed by atoms with Gasteiger partial charge in [-0.1, -0.05) is 18.2 Å². The van der Waals surface area contributed by atoms with E-state index in [1.165, 1.54) is 37.6 Å². The molecule has 0 radical (unpaired) electrons. The Morgan fingerprint density at radius 2 is 1.68 bits per heavy atom. The average Bonchev–Trinajstić information content (AvgIpc) is 2.87. The van der Waals surface area contributed by atoms with Gasteiger partial charge in [-0.2, -0.15) is 10.4 Å². The van der Waals surface area contributed by atoms with E-state index in [0.717, 1.165) is 4.31 Å². The van der Waals surface area contributed by atoms with Gasteiger partial charge in [-0.05, 0) is 66.2 Å². The number of carbonyl (C=O) groups excluding carboxylic acids is 1. The Bertz CT molecular complexity index is 1270. The van der Waals surface area contributed by atoms with Gasteiger partial charge in [-0.25, -0.2) is 13.8 Å². The van der Waals surface area contributed by atoms with Crippen molar-refractivity contribution < 1.29 is 22.7 Å². The molecule has 0 aliphatic carbocycles. The molecule has 0 aromatic heterocycles. The molecule has 34 heavy (non-hydrogen) atoms. The minimum atomic E-state index is -4.04. The normalized spacial score (nSPS) is 10.9. The summed E-state index contributed by atoms with van der Waals surface area (Å²) in [7, 11) is -2.55. The van der Waals surface area contributed by atoms with Gasteiger partial charge in [-0.15, -0.1) is 0 Å². The van der Waals surface area contributed by atoms with E-state index >= 15 is 0 Å². The first-order valence-corrected chi connectivity index (χ1v) is 11.5. The molecule has 174 valence electrons. The molecule has 3 aromatic carbocycles. The van der Waals surface area contributed by atoms with Crippen LogP contribution in [0.1, 0.15) is 5.56 Å². The molecule has 3 aromatic rings. The lowest BCUT2D eigenvalue weighted by Crippen LogP contribution is -2.39. The maximum atomic E-state index is 13.3. The SMILES string of the molecule is COc1ccc(S(=O)(=O)N(CC(=O)N/N=C\c2ccc(OCC#N)cc2)c2ccccc2)cc1. The third-order valence-electron chi connectivity index (χ3n) is 4.57. The molecule has 1 N–H and O–H groups in total. The largest absolute Gasteiger partial charge is 0.497 e. The van der Waals surface area contributed by atoms with Crippen molar-refractivity contribution in [1.82, 2.24) is 5.43 Å². The predicted octanol–water partition coefficient (Wildman–Crippen LogP) is 2.94. The van der Waals surface area contributed by atoms with Gasteiger partial charge in [0.25, 0.3) is 15.9 Å². The number of carbonyl (C=O) groups is 1. The zero-order valence-corrected chi connectivity index (χ0v) is 19.1. The molecule has 0 spiro atoms. The highest BCUT2D eigenvalue weighted by Crippen LogP contribution is 2.24. The second kappa shape index (κ2) is 11.5. The lowest BCUT2D eigenvalue weighted by Gasteiger charge is -2.23. The second-order valence-electron chi connectivity index (χ2n) is 6.83. The van der Waals surface area contributed by atoms with E-state index in [2.05, 4.69) is 10.5 Å². The number of amides is 1. The predicted molar refractivity (Wildman–Crippen MR) is 127 cm³/mol. The van der Waals surface area contributed by atoms with Crippen LogP contribution in [0.15, 0.2) is 88.9 Å². The molecule has 0 bridgehead atoms. The van der Waals surface area contributed by atoms with Crippen LogP contribution in [0, 0.1) is 11.3 Å². The van der Waals surface area contributed by atoms with Crippen molar-refractivity contribution in [2.24, 2.45) is 5.10 Å². The van der Waals surface area contributed by atoms with E-state index in [-0.39, 0.29) is 11.5 Å². The summed E-state index contributed by atoms with van der Waals surface area (Å²) in [5, 5.41) is 12.4.